The van der Waals surface area contributed by atoms with Gasteiger partial charge in [-0.2, -0.15) is 0 Å². The van der Waals surface area contributed by atoms with Gasteiger partial charge in [-0.3, -0.25) is 4.79 Å². The Morgan fingerprint density at radius 3 is 2.56 bits per heavy atom. The van der Waals surface area contributed by atoms with Crippen molar-refractivity contribution in [3.63, 3.8) is 0 Å². The summed E-state index contributed by atoms with van der Waals surface area (Å²) in [6, 6.07) is 5.92. The van der Waals surface area contributed by atoms with Crippen molar-refractivity contribution in [1.82, 2.24) is 5.32 Å². The van der Waals surface area contributed by atoms with Crippen LogP contribution in [-0.2, 0) is 11.2 Å². The molecule has 1 unspecified atom stereocenters. The number of hydrogen-bond acceptors (Lipinski definition) is 1. The monoisotopic (exact) mass is 243 g/mol. The van der Waals surface area contributed by atoms with Gasteiger partial charge in [0, 0.05) is 11.9 Å². The molecule has 0 bridgehead atoms. The fraction of sp³-hybridized carbons (Fsp3) is 0.417. The predicted molar refractivity (Wildman–Crippen MR) is 63.0 cm³/mol. The van der Waals surface area contributed by atoms with E-state index >= 15 is 0 Å². The van der Waals surface area contributed by atoms with Crippen molar-refractivity contribution in [1.29, 1.82) is 0 Å². The first-order valence-corrected chi connectivity index (χ1v) is 5.79. The number of carbonyl (C=O) groups is 1. The zero-order valence-corrected chi connectivity index (χ0v) is 9.93. The van der Waals surface area contributed by atoms with E-state index in [-0.39, 0.29) is 24.2 Å². The first-order chi connectivity index (χ1) is 7.65. The van der Waals surface area contributed by atoms with Gasteiger partial charge in [-0.25, -0.2) is 4.39 Å². The summed E-state index contributed by atoms with van der Waals surface area (Å²) in [7, 11) is 0. The molecule has 0 aliphatic heterocycles. The standard InChI is InChI=1S/C12H15ClFNO/c1-2-11(8-13)15-12(16)7-9-3-5-10(14)6-4-9/h3-6,11H,2,7-8H2,1H3,(H,15,16). The third kappa shape index (κ3) is 4.19. The third-order valence-electron chi connectivity index (χ3n) is 2.32. The number of nitrogens with one attached hydrogen (secondary N) is 1. The molecule has 2 nitrogen and oxygen atoms in total. The minimum absolute atomic E-state index is 0.00890. The minimum Gasteiger partial charge on any atom is -0.352 e. The molecular weight excluding hydrogens is 229 g/mol. The summed E-state index contributed by atoms with van der Waals surface area (Å²) in [5.41, 5.74) is 0.795. The number of alkyl halides is 1. The summed E-state index contributed by atoms with van der Waals surface area (Å²) in [6.45, 7) is 1.96. The largest absolute Gasteiger partial charge is 0.352 e. The van der Waals surface area contributed by atoms with Gasteiger partial charge in [0.25, 0.3) is 0 Å². The zero-order chi connectivity index (χ0) is 12.0. The Balaban J connectivity index is 2.48. The van der Waals surface area contributed by atoms with Crippen LogP contribution in [0.5, 0.6) is 0 Å². The van der Waals surface area contributed by atoms with Crippen molar-refractivity contribution in [2.24, 2.45) is 0 Å². The molecule has 0 aliphatic carbocycles. The van der Waals surface area contributed by atoms with Gasteiger partial charge in [0.2, 0.25) is 5.91 Å². The fourth-order valence-electron chi connectivity index (χ4n) is 1.32. The van der Waals surface area contributed by atoms with E-state index in [1.165, 1.54) is 12.1 Å². The fourth-order valence-corrected chi connectivity index (χ4v) is 1.61. The van der Waals surface area contributed by atoms with Gasteiger partial charge >= 0.3 is 0 Å². The van der Waals surface area contributed by atoms with Gasteiger partial charge in [-0.15, -0.1) is 11.6 Å². The molecule has 1 N–H and O–H groups in total. The van der Waals surface area contributed by atoms with E-state index in [0.717, 1.165) is 12.0 Å². The van der Waals surface area contributed by atoms with Crippen LogP contribution in [-0.4, -0.2) is 17.8 Å². The molecule has 0 spiro atoms. The molecule has 1 rings (SSSR count). The van der Waals surface area contributed by atoms with Crippen LogP contribution in [0.2, 0.25) is 0 Å². The molecule has 0 fully saturated rings. The quantitative estimate of drug-likeness (QED) is 0.791. The maximum atomic E-state index is 12.6. The van der Waals surface area contributed by atoms with Crippen molar-refractivity contribution in [3.8, 4) is 0 Å². The lowest BCUT2D eigenvalue weighted by Crippen LogP contribution is -2.36. The molecule has 1 atom stereocenters. The molecule has 0 heterocycles. The number of amides is 1. The second-order valence-corrected chi connectivity index (χ2v) is 3.94. The molecule has 0 aromatic heterocycles. The van der Waals surface area contributed by atoms with E-state index in [1.54, 1.807) is 12.1 Å². The average molecular weight is 244 g/mol. The van der Waals surface area contributed by atoms with Gasteiger partial charge < -0.3 is 5.32 Å². The average Bonchev–Trinajstić information content (AvgIpc) is 2.29. The summed E-state index contributed by atoms with van der Waals surface area (Å²) < 4.78 is 12.6. The maximum absolute atomic E-state index is 12.6. The Hall–Kier alpha value is -1.09. The Labute approximate surface area is 99.8 Å². The highest BCUT2D eigenvalue weighted by Crippen LogP contribution is 2.04. The Bertz CT molecular complexity index is 335. The molecule has 0 radical (unpaired) electrons. The third-order valence-corrected chi connectivity index (χ3v) is 2.69. The first-order valence-electron chi connectivity index (χ1n) is 5.25. The Morgan fingerprint density at radius 1 is 1.44 bits per heavy atom. The highest BCUT2D eigenvalue weighted by molar-refractivity contribution is 6.18. The normalized spacial score (nSPS) is 12.2. The van der Waals surface area contributed by atoms with E-state index < -0.39 is 0 Å². The second-order valence-electron chi connectivity index (χ2n) is 3.63. The predicted octanol–water partition coefficient (Wildman–Crippen LogP) is 2.50. The Morgan fingerprint density at radius 2 is 2.06 bits per heavy atom. The van der Waals surface area contributed by atoms with Gasteiger partial charge in [-0.05, 0) is 24.1 Å². The van der Waals surface area contributed by atoms with Gasteiger partial charge in [0.15, 0.2) is 0 Å². The lowest BCUT2D eigenvalue weighted by atomic mass is 10.1. The van der Waals surface area contributed by atoms with E-state index in [2.05, 4.69) is 5.32 Å². The van der Waals surface area contributed by atoms with Gasteiger partial charge in [0.1, 0.15) is 5.82 Å². The first kappa shape index (κ1) is 13.0. The Kier molecular flexibility index (Phi) is 5.26. The van der Waals surface area contributed by atoms with Crippen molar-refractivity contribution < 1.29 is 9.18 Å². The van der Waals surface area contributed by atoms with Crippen molar-refractivity contribution in [2.45, 2.75) is 25.8 Å². The van der Waals surface area contributed by atoms with Crippen LogP contribution in [0, 0.1) is 5.82 Å². The van der Waals surface area contributed by atoms with Crippen LogP contribution in [0.1, 0.15) is 18.9 Å². The molecule has 1 aromatic rings. The number of rotatable bonds is 5. The number of benzene rings is 1. The van der Waals surface area contributed by atoms with E-state index in [0.29, 0.717) is 5.88 Å². The summed E-state index contributed by atoms with van der Waals surface area (Å²) >= 11 is 5.67. The number of halogens is 2. The van der Waals surface area contributed by atoms with Crippen molar-refractivity contribution >= 4 is 17.5 Å². The van der Waals surface area contributed by atoms with Gasteiger partial charge in [-0.1, -0.05) is 19.1 Å². The van der Waals surface area contributed by atoms with Crippen LogP contribution in [0.25, 0.3) is 0 Å². The topological polar surface area (TPSA) is 29.1 Å². The molecule has 16 heavy (non-hydrogen) atoms. The van der Waals surface area contributed by atoms with Crippen molar-refractivity contribution in [2.75, 3.05) is 5.88 Å². The summed E-state index contributed by atoms with van der Waals surface area (Å²) in [5.74, 6) is 0.0292. The van der Waals surface area contributed by atoms with E-state index in [1.807, 2.05) is 6.92 Å². The SMILES string of the molecule is CCC(CCl)NC(=O)Cc1ccc(F)cc1. The van der Waals surface area contributed by atoms with E-state index in [4.69, 9.17) is 11.6 Å². The van der Waals surface area contributed by atoms with Crippen LogP contribution in [0.4, 0.5) is 4.39 Å². The smallest absolute Gasteiger partial charge is 0.224 e. The lowest BCUT2D eigenvalue weighted by molar-refractivity contribution is -0.121. The molecular formula is C12H15ClFNO. The number of carbonyl (C=O) groups excluding carboxylic acids is 1. The van der Waals surface area contributed by atoms with Crippen LogP contribution >= 0.6 is 11.6 Å². The summed E-state index contributed by atoms with van der Waals surface area (Å²) in [5, 5.41) is 2.81. The maximum Gasteiger partial charge on any atom is 0.224 e. The van der Waals surface area contributed by atoms with Crippen molar-refractivity contribution in [3.05, 3.63) is 35.6 Å². The summed E-state index contributed by atoms with van der Waals surface area (Å²) in [4.78, 5) is 11.6. The van der Waals surface area contributed by atoms with E-state index in [9.17, 15) is 9.18 Å². The molecule has 88 valence electrons. The molecule has 0 saturated heterocycles. The van der Waals surface area contributed by atoms with Crippen LogP contribution < -0.4 is 5.32 Å². The zero-order valence-electron chi connectivity index (χ0n) is 9.17. The molecule has 1 aromatic carbocycles. The van der Waals surface area contributed by atoms with Crippen LogP contribution in [0.3, 0.4) is 0 Å². The molecule has 0 saturated carbocycles. The lowest BCUT2D eigenvalue weighted by Gasteiger charge is -2.13. The number of hydrogen-bond donors (Lipinski definition) is 1. The molecule has 0 aliphatic rings. The summed E-state index contributed by atoms with van der Waals surface area (Å²) in [6.07, 6.45) is 1.06. The van der Waals surface area contributed by atoms with Gasteiger partial charge in [0.05, 0.1) is 6.42 Å². The molecule has 1 amide bonds. The second kappa shape index (κ2) is 6.48. The highest BCUT2D eigenvalue weighted by atomic mass is 35.5. The minimum atomic E-state index is -0.295. The highest BCUT2D eigenvalue weighted by Gasteiger charge is 2.09. The molecule has 4 heteroatoms. The van der Waals surface area contributed by atoms with Crippen LogP contribution in [0.15, 0.2) is 24.3 Å².